The van der Waals surface area contributed by atoms with Crippen LogP contribution in [0.25, 0.3) is 0 Å². The molecular weight excluding hydrogens is 329 g/mol. The van der Waals surface area contributed by atoms with Gasteiger partial charge in [-0.05, 0) is 18.6 Å². The number of sulfonamides is 1. The lowest BCUT2D eigenvalue weighted by Gasteiger charge is -2.02. The molecule has 1 N–H and O–H groups in total. The first kappa shape index (κ1) is 15.2. The van der Waals surface area contributed by atoms with Gasteiger partial charge in [0.1, 0.15) is 4.21 Å². The Morgan fingerprint density at radius 2 is 1.94 bits per heavy atom. The third kappa shape index (κ3) is 4.72. The van der Waals surface area contributed by atoms with E-state index in [0.717, 1.165) is 11.3 Å². The molecule has 0 aliphatic heterocycles. The van der Waals surface area contributed by atoms with E-state index in [1.165, 1.54) is 6.07 Å². The van der Waals surface area contributed by atoms with Gasteiger partial charge in [0.05, 0.1) is 10.1 Å². The summed E-state index contributed by atoms with van der Waals surface area (Å²) in [5.74, 6) is -0.466. The molecule has 0 amide bonds. The Hall–Kier alpha value is 0.140. The fourth-order valence-electron chi connectivity index (χ4n) is 0.933. The van der Waals surface area contributed by atoms with Gasteiger partial charge in [-0.15, -0.1) is 11.3 Å². The predicted octanol–water partition coefficient (Wildman–Crippen LogP) is 1.56. The van der Waals surface area contributed by atoms with E-state index < -0.39 is 24.8 Å². The van der Waals surface area contributed by atoms with Crippen LogP contribution < -0.4 is 4.72 Å². The van der Waals surface area contributed by atoms with Crippen LogP contribution in [0.4, 0.5) is 0 Å². The number of hydrogen-bond acceptors (Lipinski definition) is 5. The van der Waals surface area contributed by atoms with E-state index in [1.54, 1.807) is 6.92 Å². The Morgan fingerprint density at radius 3 is 2.35 bits per heavy atom. The van der Waals surface area contributed by atoms with Gasteiger partial charge in [0, 0.05) is 17.2 Å². The molecule has 10 heteroatoms. The van der Waals surface area contributed by atoms with Crippen molar-refractivity contribution in [3.8, 4) is 0 Å². The summed E-state index contributed by atoms with van der Waals surface area (Å²) in [6.45, 7) is 1.41. The number of halogens is 2. The summed E-state index contributed by atoms with van der Waals surface area (Å²) in [5.41, 5.74) is 0.655. The molecule has 0 saturated carbocycles. The van der Waals surface area contributed by atoms with Gasteiger partial charge in [0.15, 0.2) is 0 Å². The molecular formula is C7H9Cl2NO4S3. The van der Waals surface area contributed by atoms with Crippen LogP contribution >= 0.6 is 33.6 Å². The lowest BCUT2D eigenvalue weighted by molar-refractivity contribution is 0.584. The highest BCUT2D eigenvalue weighted by molar-refractivity contribution is 8.13. The molecule has 0 aliphatic carbocycles. The van der Waals surface area contributed by atoms with Crippen molar-refractivity contribution in [2.75, 3.05) is 12.3 Å². The van der Waals surface area contributed by atoms with Crippen LogP contribution in [-0.4, -0.2) is 29.1 Å². The van der Waals surface area contributed by atoms with E-state index in [-0.39, 0.29) is 10.8 Å². The summed E-state index contributed by atoms with van der Waals surface area (Å²) < 4.78 is 47.2. The second-order valence-corrected chi connectivity index (χ2v) is 9.71. The Balaban J connectivity index is 2.76. The smallest absolute Gasteiger partial charge is 0.212 e. The summed E-state index contributed by atoms with van der Waals surface area (Å²) in [6.07, 6.45) is 0. The van der Waals surface area contributed by atoms with Crippen molar-refractivity contribution in [3.05, 3.63) is 16.0 Å². The van der Waals surface area contributed by atoms with Crippen molar-refractivity contribution >= 4 is 52.7 Å². The largest absolute Gasteiger partial charge is 0.250 e. The highest BCUT2D eigenvalue weighted by atomic mass is 35.7. The van der Waals surface area contributed by atoms with Crippen molar-refractivity contribution in [2.45, 2.75) is 11.1 Å². The molecule has 1 aromatic heterocycles. The molecule has 1 heterocycles. The Kier molecular flexibility index (Phi) is 4.84. The third-order valence-corrected chi connectivity index (χ3v) is 6.38. The third-order valence-electron chi connectivity index (χ3n) is 1.74. The van der Waals surface area contributed by atoms with Crippen LogP contribution in [0.3, 0.4) is 0 Å². The van der Waals surface area contributed by atoms with E-state index >= 15 is 0 Å². The van der Waals surface area contributed by atoms with E-state index in [2.05, 4.69) is 4.72 Å². The molecule has 1 aromatic rings. The maximum absolute atomic E-state index is 11.7. The molecule has 0 radical (unpaired) electrons. The summed E-state index contributed by atoms with van der Waals surface area (Å²) in [7, 11) is -2.48. The summed E-state index contributed by atoms with van der Waals surface area (Å²) in [5, 5.41) is 0. The normalized spacial score (nSPS) is 12.9. The van der Waals surface area contributed by atoms with Crippen molar-refractivity contribution in [3.63, 3.8) is 0 Å². The molecule has 0 aliphatic rings. The van der Waals surface area contributed by atoms with E-state index in [9.17, 15) is 16.8 Å². The van der Waals surface area contributed by atoms with E-state index in [0.29, 0.717) is 9.90 Å². The van der Waals surface area contributed by atoms with Crippen LogP contribution in [0.5, 0.6) is 0 Å². The molecule has 0 unspecified atom stereocenters. The van der Waals surface area contributed by atoms with E-state index in [1.807, 2.05) is 0 Å². The van der Waals surface area contributed by atoms with Gasteiger partial charge in [-0.1, -0.05) is 11.6 Å². The average Bonchev–Trinajstić information content (AvgIpc) is 2.45. The molecule has 0 saturated heterocycles. The van der Waals surface area contributed by atoms with Crippen molar-refractivity contribution < 1.29 is 16.8 Å². The molecule has 0 atom stereocenters. The lowest BCUT2D eigenvalue weighted by atomic mass is 10.4. The first-order chi connectivity index (χ1) is 7.62. The Labute approximate surface area is 113 Å². The molecule has 0 bridgehead atoms. The van der Waals surface area contributed by atoms with Gasteiger partial charge in [0.25, 0.3) is 0 Å². The highest BCUT2D eigenvalue weighted by Gasteiger charge is 2.18. The zero-order valence-corrected chi connectivity index (χ0v) is 12.6. The molecule has 1 rings (SSSR count). The van der Waals surface area contributed by atoms with Gasteiger partial charge in [-0.2, -0.15) is 0 Å². The number of nitrogens with one attached hydrogen (secondary N) is 1. The second-order valence-electron chi connectivity index (χ2n) is 3.16. The molecule has 98 valence electrons. The summed E-state index contributed by atoms with van der Waals surface area (Å²) in [6, 6.07) is 1.42. The summed E-state index contributed by atoms with van der Waals surface area (Å²) in [4.78, 5) is 0. The predicted molar refractivity (Wildman–Crippen MR) is 68.9 cm³/mol. The first-order valence-electron chi connectivity index (χ1n) is 4.30. The van der Waals surface area contributed by atoms with Gasteiger partial charge >= 0.3 is 0 Å². The molecule has 0 aromatic carbocycles. The fourth-order valence-corrected chi connectivity index (χ4v) is 4.42. The molecule has 17 heavy (non-hydrogen) atoms. The Bertz CT molecular complexity index is 586. The van der Waals surface area contributed by atoms with Crippen molar-refractivity contribution in [1.82, 2.24) is 4.72 Å². The number of aryl methyl sites for hydroxylation is 1. The SMILES string of the molecule is Cc1cc(S(=O)(=O)NCCS(=O)(=O)Cl)sc1Cl. The second kappa shape index (κ2) is 5.41. The van der Waals surface area contributed by atoms with Crippen LogP contribution in [0.2, 0.25) is 4.34 Å². The first-order valence-corrected chi connectivity index (χ1v) is 9.45. The van der Waals surface area contributed by atoms with Gasteiger partial charge < -0.3 is 0 Å². The number of rotatable bonds is 5. The zero-order valence-electron chi connectivity index (χ0n) is 8.61. The topological polar surface area (TPSA) is 80.3 Å². The quantitative estimate of drug-likeness (QED) is 0.826. The molecule has 5 nitrogen and oxygen atoms in total. The summed E-state index contributed by atoms with van der Waals surface area (Å²) >= 11 is 6.66. The zero-order chi connectivity index (χ0) is 13.3. The van der Waals surface area contributed by atoms with Crippen LogP contribution in [0, 0.1) is 6.92 Å². The monoisotopic (exact) mass is 337 g/mol. The van der Waals surface area contributed by atoms with Gasteiger partial charge in [0.2, 0.25) is 19.1 Å². The number of hydrogen-bond donors (Lipinski definition) is 1. The van der Waals surface area contributed by atoms with Gasteiger partial charge in [-0.3, -0.25) is 0 Å². The van der Waals surface area contributed by atoms with E-state index in [4.69, 9.17) is 22.3 Å². The minimum Gasteiger partial charge on any atom is -0.212 e. The maximum Gasteiger partial charge on any atom is 0.250 e. The number of thiophene rings is 1. The fraction of sp³-hybridized carbons (Fsp3) is 0.429. The van der Waals surface area contributed by atoms with Crippen LogP contribution in [0.1, 0.15) is 5.56 Å². The average molecular weight is 338 g/mol. The Morgan fingerprint density at radius 1 is 1.35 bits per heavy atom. The van der Waals surface area contributed by atoms with Crippen LogP contribution in [0.15, 0.2) is 10.3 Å². The van der Waals surface area contributed by atoms with Crippen molar-refractivity contribution in [1.29, 1.82) is 0 Å². The standard InChI is InChI=1S/C7H9Cl2NO4S3/c1-5-4-6(15-7(5)8)17(13,14)10-2-3-16(9,11)12/h4,10H,2-3H2,1H3. The lowest BCUT2D eigenvalue weighted by Crippen LogP contribution is -2.27. The van der Waals surface area contributed by atoms with Gasteiger partial charge in [-0.25, -0.2) is 21.6 Å². The highest BCUT2D eigenvalue weighted by Crippen LogP contribution is 2.29. The molecule has 0 spiro atoms. The van der Waals surface area contributed by atoms with Crippen LogP contribution in [-0.2, 0) is 19.1 Å². The minimum atomic E-state index is -3.72. The van der Waals surface area contributed by atoms with Crippen molar-refractivity contribution in [2.24, 2.45) is 0 Å². The minimum absolute atomic E-state index is 0.0481. The molecule has 0 fully saturated rings. The maximum atomic E-state index is 11.7.